The summed E-state index contributed by atoms with van der Waals surface area (Å²) in [5.74, 6) is 2.57. The van der Waals surface area contributed by atoms with Crippen molar-refractivity contribution < 1.29 is 4.74 Å². The second-order valence-electron chi connectivity index (χ2n) is 8.16. The number of nitrogens with zero attached hydrogens (tertiary/aromatic N) is 6. The molecule has 0 spiro atoms. The molecule has 166 valence electrons. The van der Waals surface area contributed by atoms with Crippen LogP contribution in [0.4, 0.5) is 11.5 Å². The molecule has 1 N–H and O–H groups in total. The molecule has 1 fully saturated rings. The quantitative estimate of drug-likeness (QED) is 0.451. The third kappa shape index (κ3) is 4.05. The first-order valence-electron chi connectivity index (χ1n) is 11.2. The van der Waals surface area contributed by atoms with Gasteiger partial charge in [0.1, 0.15) is 11.6 Å². The molecule has 2 aromatic heterocycles. The normalized spacial score (nSPS) is 14.9. The molecule has 8 heteroatoms. The minimum atomic E-state index is 0.786. The number of hydrogen-bond donors (Lipinski definition) is 1. The predicted molar refractivity (Wildman–Crippen MR) is 128 cm³/mol. The van der Waals surface area contributed by atoms with Crippen LogP contribution < -0.4 is 15.0 Å². The van der Waals surface area contributed by atoms with E-state index in [0.29, 0.717) is 0 Å². The smallest absolute Gasteiger partial charge is 0.204 e. The standard InChI is InChI=1S/C24H29N7O/c1-18-27-28-24-23(26-21-6-3-4-7-22(21)31(18)24)25-12-5-13-29-14-16-30(17-15-29)19-8-10-20(32-2)11-9-19/h3-4,6-11H,5,12-17H2,1-2H3,(H,25,26). The van der Waals surface area contributed by atoms with Gasteiger partial charge < -0.3 is 15.0 Å². The fourth-order valence-electron chi connectivity index (χ4n) is 4.37. The Kier molecular flexibility index (Phi) is 5.77. The Bertz CT molecular complexity index is 1200. The van der Waals surface area contributed by atoms with Crippen molar-refractivity contribution in [2.75, 3.05) is 56.6 Å². The highest BCUT2D eigenvalue weighted by Gasteiger charge is 2.17. The summed E-state index contributed by atoms with van der Waals surface area (Å²) in [5.41, 5.74) is 4.03. The number of ether oxygens (including phenoxy) is 1. The van der Waals surface area contributed by atoms with Gasteiger partial charge in [0.15, 0.2) is 5.82 Å². The fraction of sp³-hybridized carbons (Fsp3) is 0.375. The summed E-state index contributed by atoms with van der Waals surface area (Å²) in [7, 11) is 1.70. The lowest BCUT2D eigenvalue weighted by Crippen LogP contribution is -2.46. The third-order valence-corrected chi connectivity index (χ3v) is 6.14. The number of aromatic nitrogens is 4. The number of piperazine rings is 1. The number of methoxy groups -OCH3 is 1. The Hall–Kier alpha value is -3.39. The van der Waals surface area contributed by atoms with Crippen molar-refractivity contribution in [1.29, 1.82) is 0 Å². The van der Waals surface area contributed by atoms with E-state index in [1.54, 1.807) is 7.11 Å². The van der Waals surface area contributed by atoms with Crippen LogP contribution >= 0.6 is 0 Å². The molecule has 0 bridgehead atoms. The summed E-state index contributed by atoms with van der Waals surface area (Å²) >= 11 is 0. The lowest BCUT2D eigenvalue weighted by molar-refractivity contribution is 0.257. The van der Waals surface area contributed by atoms with Crippen LogP contribution in [-0.4, -0.2) is 70.9 Å². The number of benzene rings is 2. The van der Waals surface area contributed by atoms with Crippen LogP contribution in [0.15, 0.2) is 48.5 Å². The first-order chi connectivity index (χ1) is 15.7. The fourth-order valence-corrected chi connectivity index (χ4v) is 4.37. The van der Waals surface area contributed by atoms with E-state index >= 15 is 0 Å². The van der Waals surface area contributed by atoms with Crippen LogP contribution in [-0.2, 0) is 0 Å². The molecule has 8 nitrogen and oxygen atoms in total. The van der Waals surface area contributed by atoms with Crippen LogP contribution in [0.1, 0.15) is 12.2 Å². The lowest BCUT2D eigenvalue weighted by atomic mass is 10.2. The molecule has 0 aliphatic carbocycles. The molecule has 4 aromatic rings. The second-order valence-corrected chi connectivity index (χ2v) is 8.16. The van der Waals surface area contributed by atoms with Gasteiger partial charge in [-0.05, 0) is 56.3 Å². The molecule has 2 aromatic carbocycles. The molecule has 1 aliphatic rings. The van der Waals surface area contributed by atoms with Crippen LogP contribution in [0.25, 0.3) is 16.7 Å². The van der Waals surface area contributed by atoms with Crippen LogP contribution in [0.3, 0.4) is 0 Å². The van der Waals surface area contributed by atoms with Gasteiger partial charge >= 0.3 is 0 Å². The van der Waals surface area contributed by atoms with Gasteiger partial charge in [-0.1, -0.05) is 12.1 Å². The molecule has 1 saturated heterocycles. The molecule has 0 amide bonds. The summed E-state index contributed by atoms with van der Waals surface area (Å²) in [5, 5.41) is 12.1. The first-order valence-corrected chi connectivity index (χ1v) is 11.2. The number of para-hydroxylation sites is 2. The molecule has 3 heterocycles. The highest BCUT2D eigenvalue weighted by molar-refractivity contribution is 5.82. The van der Waals surface area contributed by atoms with Gasteiger partial charge in [0.05, 0.1) is 18.1 Å². The minimum absolute atomic E-state index is 0.786. The molecule has 0 atom stereocenters. The second kappa shape index (κ2) is 9.00. The van der Waals surface area contributed by atoms with E-state index in [0.717, 1.165) is 79.8 Å². The largest absolute Gasteiger partial charge is 0.497 e. The van der Waals surface area contributed by atoms with E-state index in [9.17, 15) is 0 Å². The van der Waals surface area contributed by atoms with Gasteiger partial charge in [0.2, 0.25) is 5.65 Å². The maximum Gasteiger partial charge on any atom is 0.204 e. The van der Waals surface area contributed by atoms with Gasteiger partial charge in [-0.15, -0.1) is 10.2 Å². The lowest BCUT2D eigenvalue weighted by Gasteiger charge is -2.36. The highest BCUT2D eigenvalue weighted by atomic mass is 16.5. The van der Waals surface area contributed by atoms with Crippen molar-refractivity contribution in [3.05, 3.63) is 54.4 Å². The number of fused-ring (bicyclic) bond motifs is 3. The predicted octanol–water partition coefficient (Wildman–Crippen LogP) is 3.22. The van der Waals surface area contributed by atoms with Gasteiger partial charge in [0, 0.05) is 38.4 Å². The summed E-state index contributed by atoms with van der Waals surface area (Å²) in [6.45, 7) is 8.14. The number of rotatable bonds is 7. The van der Waals surface area contributed by atoms with Crippen molar-refractivity contribution in [3.8, 4) is 5.75 Å². The van der Waals surface area contributed by atoms with Crippen molar-refractivity contribution in [2.45, 2.75) is 13.3 Å². The summed E-state index contributed by atoms with van der Waals surface area (Å²) in [6.07, 6.45) is 1.05. The minimum Gasteiger partial charge on any atom is -0.497 e. The maximum absolute atomic E-state index is 5.26. The van der Waals surface area contributed by atoms with E-state index < -0.39 is 0 Å². The summed E-state index contributed by atoms with van der Waals surface area (Å²) in [6, 6.07) is 16.5. The topological polar surface area (TPSA) is 70.8 Å². The zero-order valence-electron chi connectivity index (χ0n) is 18.7. The Morgan fingerprint density at radius 3 is 2.53 bits per heavy atom. The first kappa shape index (κ1) is 20.5. The number of nitrogens with one attached hydrogen (secondary N) is 1. The zero-order valence-corrected chi connectivity index (χ0v) is 18.7. The summed E-state index contributed by atoms with van der Waals surface area (Å²) < 4.78 is 7.33. The molecule has 0 radical (unpaired) electrons. The van der Waals surface area contributed by atoms with E-state index in [-0.39, 0.29) is 0 Å². The molecule has 32 heavy (non-hydrogen) atoms. The molecule has 0 unspecified atom stereocenters. The maximum atomic E-state index is 5.26. The van der Waals surface area contributed by atoms with Gasteiger partial charge in [-0.2, -0.15) is 0 Å². The van der Waals surface area contributed by atoms with E-state index in [2.05, 4.69) is 47.9 Å². The SMILES string of the molecule is COc1ccc(N2CCN(CCCNc3nc4ccccc4n4c(C)nnc34)CC2)cc1. The van der Waals surface area contributed by atoms with Gasteiger partial charge in [-0.3, -0.25) is 9.30 Å². The van der Waals surface area contributed by atoms with Crippen molar-refractivity contribution in [2.24, 2.45) is 0 Å². The molecular weight excluding hydrogens is 402 g/mol. The molecule has 0 saturated carbocycles. The summed E-state index contributed by atoms with van der Waals surface area (Å²) in [4.78, 5) is 9.77. The average Bonchev–Trinajstić information content (AvgIpc) is 3.24. The van der Waals surface area contributed by atoms with Crippen LogP contribution in [0.2, 0.25) is 0 Å². The van der Waals surface area contributed by atoms with Crippen molar-refractivity contribution in [3.63, 3.8) is 0 Å². The molecule has 1 aliphatic heterocycles. The number of aryl methyl sites for hydroxylation is 1. The average molecular weight is 432 g/mol. The highest BCUT2D eigenvalue weighted by Crippen LogP contribution is 2.22. The van der Waals surface area contributed by atoms with Crippen molar-refractivity contribution >= 4 is 28.2 Å². The number of hydrogen-bond acceptors (Lipinski definition) is 7. The van der Waals surface area contributed by atoms with Crippen molar-refractivity contribution in [1.82, 2.24) is 24.5 Å². The van der Waals surface area contributed by atoms with Crippen LogP contribution in [0.5, 0.6) is 5.75 Å². The van der Waals surface area contributed by atoms with Gasteiger partial charge in [-0.25, -0.2) is 4.98 Å². The Balaban J connectivity index is 1.15. The third-order valence-electron chi connectivity index (χ3n) is 6.14. The Morgan fingerprint density at radius 2 is 1.75 bits per heavy atom. The van der Waals surface area contributed by atoms with E-state index in [1.165, 1.54) is 5.69 Å². The Labute approximate surface area is 187 Å². The number of anilines is 2. The zero-order chi connectivity index (χ0) is 21.9. The van der Waals surface area contributed by atoms with Gasteiger partial charge in [0.25, 0.3) is 0 Å². The van der Waals surface area contributed by atoms with E-state index in [1.807, 2.05) is 37.3 Å². The molecule has 5 rings (SSSR count). The van der Waals surface area contributed by atoms with Crippen LogP contribution in [0, 0.1) is 6.92 Å². The monoisotopic (exact) mass is 431 g/mol. The Morgan fingerprint density at radius 1 is 0.969 bits per heavy atom. The molecular formula is C24H29N7O. The van der Waals surface area contributed by atoms with E-state index in [4.69, 9.17) is 9.72 Å².